The molecule has 0 aliphatic carbocycles. The lowest BCUT2D eigenvalue weighted by Gasteiger charge is -2.05. The van der Waals surface area contributed by atoms with Gasteiger partial charge in [-0.1, -0.05) is 11.8 Å². The molecular weight excluding hydrogens is 231 g/mol. The molecule has 0 fully saturated rings. The van der Waals surface area contributed by atoms with Crippen LogP contribution in [0.1, 0.15) is 5.69 Å². The number of carbonyl (C=O) groups is 1. The second-order valence-electron chi connectivity index (χ2n) is 2.48. The molecule has 0 unspecified atom stereocenters. The van der Waals surface area contributed by atoms with Gasteiger partial charge >= 0.3 is 6.18 Å². The van der Waals surface area contributed by atoms with Crippen LogP contribution >= 0.6 is 11.8 Å². The molecule has 0 bridgehead atoms. The van der Waals surface area contributed by atoms with Gasteiger partial charge in [0, 0.05) is 6.20 Å². The highest BCUT2D eigenvalue weighted by Crippen LogP contribution is 2.28. The Kier molecular flexibility index (Phi) is 3.51. The first-order chi connectivity index (χ1) is 6.89. The molecule has 82 valence electrons. The summed E-state index contributed by atoms with van der Waals surface area (Å²) in [5.41, 5.74) is 3.79. The molecule has 0 saturated heterocycles. The summed E-state index contributed by atoms with van der Waals surface area (Å²) >= 11 is 0.762. The fraction of sp³-hybridized carbons (Fsp3) is 0.286. The summed E-state index contributed by atoms with van der Waals surface area (Å²) in [4.78, 5) is 17.2. The van der Waals surface area contributed by atoms with Crippen molar-refractivity contribution in [1.82, 2.24) is 9.97 Å². The van der Waals surface area contributed by atoms with Crippen molar-refractivity contribution in [2.45, 2.75) is 11.3 Å². The molecule has 1 amide bonds. The van der Waals surface area contributed by atoms with Crippen molar-refractivity contribution in [3.05, 3.63) is 18.0 Å². The molecule has 4 nitrogen and oxygen atoms in total. The first kappa shape index (κ1) is 11.8. The maximum Gasteiger partial charge on any atom is 0.433 e. The molecule has 2 N–H and O–H groups in total. The summed E-state index contributed by atoms with van der Waals surface area (Å²) in [5, 5.41) is -0.122. The van der Waals surface area contributed by atoms with E-state index < -0.39 is 17.8 Å². The first-order valence-corrected chi connectivity index (χ1v) is 4.69. The summed E-state index contributed by atoms with van der Waals surface area (Å²) in [6.07, 6.45) is -3.52. The van der Waals surface area contributed by atoms with E-state index in [-0.39, 0.29) is 10.9 Å². The van der Waals surface area contributed by atoms with Crippen LogP contribution < -0.4 is 5.73 Å². The van der Waals surface area contributed by atoms with Gasteiger partial charge in [-0.25, -0.2) is 9.97 Å². The van der Waals surface area contributed by atoms with Crippen LogP contribution in [-0.2, 0) is 11.0 Å². The number of nitrogens with zero attached hydrogens (tertiary/aromatic N) is 2. The lowest BCUT2D eigenvalue weighted by Crippen LogP contribution is -2.14. The van der Waals surface area contributed by atoms with Gasteiger partial charge in [-0.15, -0.1) is 0 Å². The van der Waals surface area contributed by atoms with Crippen LogP contribution in [0.25, 0.3) is 0 Å². The minimum Gasteiger partial charge on any atom is -0.369 e. The Morgan fingerprint density at radius 2 is 2.20 bits per heavy atom. The topological polar surface area (TPSA) is 68.9 Å². The quantitative estimate of drug-likeness (QED) is 0.630. The van der Waals surface area contributed by atoms with Crippen LogP contribution in [0.5, 0.6) is 0 Å². The van der Waals surface area contributed by atoms with Crippen LogP contribution in [0.2, 0.25) is 0 Å². The third kappa shape index (κ3) is 3.74. The average molecular weight is 237 g/mol. The van der Waals surface area contributed by atoms with E-state index in [0.29, 0.717) is 0 Å². The second kappa shape index (κ2) is 4.47. The molecule has 0 atom stereocenters. The number of aromatic nitrogens is 2. The fourth-order valence-electron chi connectivity index (χ4n) is 0.704. The molecular formula is C7H6F3N3OS. The third-order valence-electron chi connectivity index (χ3n) is 1.27. The molecule has 0 aliphatic heterocycles. The Bertz CT molecular complexity index is 369. The summed E-state index contributed by atoms with van der Waals surface area (Å²) in [5.74, 6) is -0.789. The van der Waals surface area contributed by atoms with Crippen molar-refractivity contribution >= 4 is 17.7 Å². The van der Waals surface area contributed by atoms with Crippen molar-refractivity contribution < 1.29 is 18.0 Å². The first-order valence-electron chi connectivity index (χ1n) is 3.71. The van der Waals surface area contributed by atoms with Crippen molar-refractivity contribution in [3.63, 3.8) is 0 Å². The number of alkyl halides is 3. The van der Waals surface area contributed by atoms with E-state index in [2.05, 4.69) is 9.97 Å². The van der Waals surface area contributed by atoms with E-state index in [1.807, 2.05) is 0 Å². The zero-order valence-electron chi connectivity index (χ0n) is 7.28. The Balaban J connectivity index is 2.79. The predicted octanol–water partition coefficient (Wildman–Crippen LogP) is 1.07. The molecule has 1 heterocycles. The molecule has 1 aromatic rings. The molecule has 0 spiro atoms. The van der Waals surface area contributed by atoms with Gasteiger partial charge in [0.1, 0.15) is 5.69 Å². The Morgan fingerprint density at radius 1 is 1.53 bits per heavy atom. The van der Waals surface area contributed by atoms with Gasteiger partial charge < -0.3 is 5.73 Å². The molecule has 1 aromatic heterocycles. The van der Waals surface area contributed by atoms with Crippen molar-refractivity contribution in [2.75, 3.05) is 5.75 Å². The van der Waals surface area contributed by atoms with Crippen LogP contribution in [0.3, 0.4) is 0 Å². The summed E-state index contributed by atoms with van der Waals surface area (Å²) in [6.45, 7) is 0. The third-order valence-corrected chi connectivity index (χ3v) is 2.15. The van der Waals surface area contributed by atoms with E-state index in [4.69, 9.17) is 5.73 Å². The zero-order chi connectivity index (χ0) is 11.5. The summed E-state index contributed by atoms with van der Waals surface area (Å²) in [6, 6.07) is 0.758. The Morgan fingerprint density at radius 3 is 2.73 bits per heavy atom. The number of nitrogens with two attached hydrogens (primary N) is 1. The molecule has 1 rings (SSSR count). The largest absolute Gasteiger partial charge is 0.433 e. The summed E-state index contributed by atoms with van der Waals surface area (Å²) < 4.78 is 36.5. The van der Waals surface area contributed by atoms with Gasteiger partial charge in [-0.05, 0) is 6.07 Å². The minimum atomic E-state index is -4.51. The highest BCUT2D eigenvalue weighted by Gasteiger charge is 2.32. The molecule has 0 aliphatic rings. The van der Waals surface area contributed by atoms with Gasteiger partial charge in [0.2, 0.25) is 5.91 Å². The lowest BCUT2D eigenvalue weighted by atomic mass is 10.4. The smallest absolute Gasteiger partial charge is 0.369 e. The second-order valence-corrected chi connectivity index (χ2v) is 3.42. The maximum atomic E-state index is 12.2. The molecule has 0 radical (unpaired) electrons. The van der Waals surface area contributed by atoms with E-state index >= 15 is 0 Å². The molecule has 0 aromatic carbocycles. The van der Waals surface area contributed by atoms with E-state index in [9.17, 15) is 18.0 Å². The normalized spacial score (nSPS) is 11.4. The number of thioether (sulfide) groups is 1. The number of halogens is 3. The number of primary amides is 1. The highest BCUT2D eigenvalue weighted by atomic mass is 32.2. The number of amides is 1. The predicted molar refractivity (Wildman–Crippen MR) is 47.0 cm³/mol. The SMILES string of the molecule is NC(=O)CSc1nccc(C(F)(F)F)n1. The molecule has 8 heteroatoms. The van der Waals surface area contributed by atoms with Gasteiger partial charge in [0.05, 0.1) is 5.75 Å². The average Bonchev–Trinajstić information content (AvgIpc) is 2.14. The Labute approximate surface area is 87.1 Å². The van der Waals surface area contributed by atoms with Gasteiger partial charge in [-0.2, -0.15) is 13.2 Å². The van der Waals surface area contributed by atoms with Crippen LogP contribution in [0.4, 0.5) is 13.2 Å². The molecule has 0 saturated carbocycles. The number of rotatable bonds is 3. The van der Waals surface area contributed by atoms with Gasteiger partial charge in [0.25, 0.3) is 0 Å². The van der Waals surface area contributed by atoms with Crippen LogP contribution in [0, 0.1) is 0 Å². The van der Waals surface area contributed by atoms with E-state index in [1.165, 1.54) is 0 Å². The maximum absolute atomic E-state index is 12.2. The molecule has 15 heavy (non-hydrogen) atoms. The highest BCUT2D eigenvalue weighted by molar-refractivity contribution is 7.99. The Hall–Kier alpha value is -1.31. The van der Waals surface area contributed by atoms with Crippen molar-refractivity contribution in [3.8, 4) is 0 Å². The standard InChI is InChI=1S/C7H6F3N3OS/c8-7(9,10)4-1-2-12-6(13-4)15-3-5(11)14/h1-2H,3H2,(H2,11,14). The zero-order valence-corrected chi connectivity index (χ0v) is 8.10. The number of hydrogen-bond donors (Lipinski definition) is 1. The summed E-state index contributed by atoms with van der Waals surface area (Å²) in [7, 11) is 0. The van der Waals surface area contributed by atoms with Crippen molar-refractivity contribution in [1.29, 1.82) is 0 Å². The number of hydrogen-bond acceptors (Lipinski definition) is 4. The van der Waals surface area contributed by atoms with Crippen molar-refractivity contribution in [2.24, 2.45) is 5.73 Å². The van der Waals surface area contributed by atoms with E-state index in [0.717, 1.165) is 24.0 Å². The lowest BCUT2D eigenvalue weighted by molar-refractivity contribution is -0.141. The van der Waals surface area contributed by atoms with Gasteiger partial charge in [0.15, 0.2) is 5.16 Å². The van der Waals surface area contributed by atoms with E-state index in [1.54, 1.807) is 0 Å². The fourth-order valence-corrected chi connectivity index (χ4v) is 1.27. The van der Waals surface area contributed by atoms with Gasteiger partial charge in [-0.3, -0.25) is 4.79 Å². The van der Waals surface area contributed by atoms with Crippen LogP contribution in [-0.4, -0.2) is 21.6 Å². The van der Waals surface area contributed by atoms with Crippen LogP contribution in [0.15, 0.2) is 17.4 Å². The monoisotopic (exact) mass is 237 g/mol. The number of carbonyl (C=O) groups excluding carboxylic acids is 1. The minimum absolute atomic E-state index is 0.122.